The van der Waals surface area contributed by atoms with Gasteiger partial charge in [0, 0.05) is 5.75 Å². The van der Waals surface area contributed by atoms with Gasteiger partial charge in [-0.3, -0.25) is 0 Å². The molecule has 0 radical (unpaired) electrons. The van der Waals surface area contributed by atoms with Gasteiger partial charge in [-0.05, 0) is 62.0 Å². The highest BCUT2D eigenvalue weighted by atomic mass is 32.2. The van der Waals surface area contributed by atoms with E-state index in [1.54, 1.807) is 7.11 Å². The number of methoxy groups -OCH3 is 1. The number of hydrogen-bond acceptors (Lipinski definition) is 4. The molecule has 1 atom stereocenters. The van der Waals surface area contributed by atoms with Crippen LogP contribution in [-0.4, -0.2) is 29.8 Å². The Balaban J connectivity index is 1.84. The van der Waals surface area contributed by atoms with Crippen molar-refractivity contribution in [3.8, 4) is 11.5 Å². The molecule has 0 spiro atoms. The lowest BCUT2D eigenvalue weighted by Crippen LogP contribution is -2.32. The molecule has 21 heavy (non-hydrogen) atoms. The van der Waals surface area contributed by atoms with Crippen molar-refractivity contribution in [1.29, 1.82) is 0 Å². The van der Waals surface area contributed by atoms with E-state index in [1.165, 1.54) is 12.8 Å². The third-order valence-electron chi connectivity index (χ3n) is 4.52. The highest BCUT2D eigenvalue weighted by molar-refractivity contribution is 7.99. The van der Waals surface area contributed by atoms with Gasteiger partial charge >= 0.3 is 0 Å². The van der Waals surface area contributed by atoms with Crippen LogP contribution in [0.15, 0.2) is 18.2 Å². The fraction of sp³-hybridized carbons (Fsp3) is 0.647. The number of benzene rings is 1. The average molecular weight is 308 g/mol. The minimum atomic E-state index is -0.719. The summed E-state index contributed by atoms with van der Waals surface area (Å²) in [7, 11) is 1.67. The van der Waals surface area contributed by atoms with Gasteiger partial charge in [0.2, 0.25) is 0 Å². The van der Waals surface area contributed by atoms with Crippen molar-refractivity contribution in [1.82, 2.24) is 0 Å². The van der Waals surface area contributed by atoms with Gasteiger partial charge < -0.3 is 14.6 Å². The molecule has 1 heterocycles. The van der Waals surface area contributed by atoms with Crippen LogP contribution in [0.5, 0.6) is 11.5 Å². The number of aliphatic hydroxyl groups is 1. The maximum Gasteiger partial charge on any atom is 0.161 e. The van der Waals surface area contributed by atoms with Crippen molar-refractivity contribution >= 4 is 11.8 Å². The number of ether oxygens (including phenoxy) is 2. The first kappa shape index (κ1) is 15.0. The maximum atomic E-state index is 10.9. The summed E-state index contributed by atoms with van der Waals surface area (Å²) in [5, 5.41) is 10.9. The van der Waals surface area contributed by atoms with E-state index in [0.717, 1.165) is 54.3 Å². The second kappa shape index (κ2) is 6.49. The highest BCUT2D eigenvalue weighted by Gasteiger charge is 2.32. The van der Waals surface area contributed by atoms with E-state index in [9.17, 15) is 5.11 Å². The topological polar surface area (TPSA) is 38.7 Å². The molecule has 1 aromatic carbocycles. The predicted octanol–water partition coefficient (Wildman–Crippen LogP) is 3.73. The van der Waals surface area contributed by atoms with Crippen molar-refractivity contribution in [2.75, 3.05) is 18.6 Å². The smallest absolute Gasteiger partial charge is 0.161 e. The molecule has 0 amide bonds. The van der Waals surface area contributed by atoms with Crippen LogP contribution < -0.4 is 9.47 Å². The summed E-state index contributed by atoms with van der Waals surface area (Å²) in [4.78, 5) is 0. The molecule has 1 saturated heterocycles. The minimum Gasteiger partial charge on any atom is -0.493 e. The Bertz CT molecular complexity index is 477. The first-order valence-corrected chi connectivity index (χ1v) is 9.02. The molecule has 0 aromatic heterocycles. The highest BCUT2D eigenvalue weighted by Crippen LogP contribution is 2.40. The second-order valence-corrected chi connectivity index (χ2v) is 7.18. The van der Waals surface area contributed by atoms with Crippen LogP contribution in [0.2, 0.25) is 0 Å². The molecule has 2 aliphatic rings. The standard InChI is InChI=1S/C17H24O3S/c1-19-15-8-7-13(17(18)9-4-10-21-12-17)11-16(15)20-14-5-2-3-6-14/h7-8,11,14,18H,2-6,9-10,12H2,1H3. The monoisotopic (exact) mass is 308 g/mol. The fourth-order valence-corrected chi connectivity index (χ4v) is 4.39. The zero-order valence-electron chi connectivity index (χ0n) is 12.6. The summed E-state index contributed by atoms with van der Waals surface area (Å²) >= 11 is 1.82. The molecule has 3 rings (SSSR count). The first-order chi connectivity index (χ1) is 10.2. The largest absolute Gasteiger partial charge is 0.493 e. The lowest BCUT2D eigenvalue weighted by atomic mass is 9.90. The van der Waals surface area contributed by atoms with Crippen LogP contribution in [0.25, 0.3) is 0 Å². The van der Waals surface area contributed by atoms with E-state index in [1.807, 2.05) is 30.0 Å². The van der Waals surface area contributed by atoms with E-state index >= 15 is 0 Å². The molecule has 0 bridgehead atoms. The van der Waals surface area contributed by atoms with Gasteiger partial charge in [0.05, 0.1) is 18.8 Å². The number of rotatable bonds is 4. The van der Waals surface area contributed by atoms with Crippen LogP contribution in [-0.2, 0) is 5.60 Å². The van der Waals surface area contributed by atoms with Gasteiger partial charge in [0.25, 0.3) is 0 Å². The summed E-state index contributed by atoms with van der Waals surface area (Å²) in [6.07, 6.45) is 6.91. The van der Waals surface area contributed by atoms with Crippen LogP contribution in [0.3, 0.4) is 0 Å². The molecule has 1 unspecified atom stereocenters. The molecular weight excluding hydrogens is 284 g/mol. The summed E-state index contributed by atoms with van der Waals surface area (Å²) < 4.78 is 11.5. The van der Waals surface area contributed by atoms with E-state index in [2.05, 4.69) is 0 Å². The summed E-state index contributed by atoms with van der Waals surface area (Å²) in [6, 6.07) is 5.89. The molecule has 116 valence electrons. The Morgan fingerprint density at radius 3 is 2.67 bits per heavy atom. The van der Waals surface area contributed by atoms with Gasteiger partial charge in [-0.15, -0.1) is 0 Å². The Labute approximate surface area is 131 Å². The molecule has 1 N–H and O–H groups in total. The third-order valence-corrected chi connectivity index (χ3v) is 5.78. The van der Waals surface area contributed by atoms with E-state index in [0.29, 0.717) is 6.10 Å². The second-order valence-electron chi connectivity index (χ2n) is 6.08. The van der Waals surface area contributed by atoms with E-state index < -0.39 is 5.60 Å². The Kier molecular flexibility index (Phi) is 4.65. The molecular formula is C17H24O3S. The Morgan fingerprint density at radius 1 is 1.19 bits per heavy atom. The van der Waals surface area contributed by atoms with Crippen LogP contribution in [0.4, 0.5) is 0 Å². The minimum absolute atomic E-state index is 0.296. The van der Waals surface area contributed by atoms with E-state index in [-0.39, 0.29) is 0 Å². The molecule has 1 aliphatic heterocycles. The summed E-state index contributed by atoms with van der Waals surface area (Å²) in [5.74, 6) is 3.45. The zero-order chi connectivity index (χ0) is 14.7. The van der Waals surface area contributed by atoms with Crippen molar-refractivity contribution in [3.05, 3.63) is 23.8 Å². The zero-order valence-corrected chi connectivity index (χ0v) is 13.5. The lowest BCUT2D eigenvalue weighted by Gasteiger charge is -2.32. The van der Waals surface area contributed by atoms with Crippen LogP contribution >= 0.6 is 11.8 Å². The van der Waals surface area contributed by atoms with Gasteiger partial charge in [0.15, 0.2) is 11.5 Å². The predicted molar refractivity (Wildman–Crippen MR) is 86.3 cm³/mol. The van der Waals surface area contributed by atoms with Gasteiger partial charge in [-0.2, -0.15) is 11.8 Å². The van der Waals surface area contributed by atoms with Crippen molar-refractivity contribution in [2.24, 2.45) is 0 Å². The third kappa shape index (κ3) is 3.32. The maximum absolute atomic E-state index is 10.9. The van der Waals surface area contributed by atoms with Crippen molar-refractivity contribution in [3.63, 3.8) is 0 Å². The Hall–Kier alpha value is -0.870. The summed E-state index contributed by atoms with van der Waals surface area (Å²) in [5.41, 5.74) is 0.242. The van der Waals surface area contributed by atoms with Crippen molar-refractivity contribution < 1.29 is 14.6 Å². The summed E-state index contributed by atoms with van der Waals surface area (Å²) in [6.45, 7) is 0. The first-order valence-electron chi connectivity index (χ1n) is 7.86. The molecule has 1 saturated carbocycles. The SMILES string of the molecule is COc1ccc(C2(O)CCCSC2)cc1OC1CCCC1. The van der Waals surface area contributed by atoms with Crippen molar-refractivity contribution in [2.45, 2.75) is 50.2 Å². The van der Waals surface area contributed by atoms with Crippen LogP contribution in [0, 0.1) is 0 Å². The molecule has 4 heteroatoms. The van der Waals surface area contributed by atoms with Gasteiger partial charge in [-0.25, -0.2) is 0 Å². The van der Waals surface area contributed by atoms with Gasteiger partial charge in [0.1, 0.15) is 0 Å². The average Bonchev–Trinajstić information content (AvgIpc) is 3.01. The fourth-order valence-electron chi connectivity index (χ4n) is 3.25. The lowest BCUT2D eigenvalue weighted by molar-refractivity contribution is 0.0490. The Morgan fingerprint density at radius 2 is 2.00 bits per heavy atom. The number of hydrogen-bond donors (Lipinski definition) is 1. The molecule has 1 aromatic rings. The number of thioether (sulfide) groups is 1. The quantitative estimate of drug-likeness (QED) is 0.920. The molecule has 2 fully saturated rings. The van der Waals surface area contributed by atoms with Gasteiger partial charge in [-0.1, -0.05) is 6.07 Å². The van der Waals surface area contributed by atoms with E-state index in [4.69, 9.17) is 9.47 Å². The normalized spacial score (nSPS) is 26.8. The molecule has 3 nitrogen and oxygen atoms in total. The van der Waals surface area contributed by atoms with Crippen LogP contribution in [0.1, 0.15) is 44.1 Å². The molecule has 1 aliphatic carbocycles.